The average molecular weight is 185 g/mol. The molecule has 0 bridgehead atoms. The van der Waals surface area contributed by atoms with Crippen molar-refractivity contribution in [2.75, 3.05) is 7.05 Å². The van der Waals surface area contributed by atoms with Crippen molar-refractivity contribution in [2.24, 2.45) is 0 Å². The highest BCUT2D eigenvalue weighted by molar-refractivity contribution is 7.22. The molecule has 5 heteroatoms. The lowest BCUT2D eigenvalue weighted by molar-refractivity contribution is 0.427. The molecule has 1 rings (SSSR count). The van der Waals surface area contributed by atoms with Gasteiger partial charge in [0, 0.05) is 15.7 Å². The summed E-state index contributed by atoms with van der Waals surface area (Å²) in [4.78, 5) is 1.11. The minimum Gasteiger partial charge on any atom is -0.423 e. The fraction of sp³-hybridized carbons (Fsp3) is 0.429. The van der Waals surface area contributed by atoms with Crippen molar-refractivity contribution in [3.05, 3.63) is 17.0 Å². The Balaban J connectivity index is 2.77. The first-order chi connectivity index (χ1) is 5.65. The molecular weight excluding hydrogens is 173 g/mol. The van der Waals surface area contributed by atoms with Gasteiger partial charge in [0.1, 0.15) is 0 Å². The number of rotatable bonds is 3. The first-order valence-electron chi connectivity index (χ1n) is 3.78. The molecular formula is C7H12BNO2S. The molecule has 1 aromatic heterocycles. The molecule has 1 atom stereocenters. The monoisotopic (exact) mass is 185 g/mol. The highest BCUT2D eigenvalue weighted by Gasteiger charge is 2.15. The van der Waals surface area contributed by atoms with Crippen LogP contribution in [0.2, 0.25) is 0 Å². The van der Waals surface area contributed by atoms with Gasteiger partial charge in [-0.05, 0) is 20.0 Å². The molecule has 1 unspecified atom stereocenters. The average Bonchev–Trinajstić information content (AvgIpc) is 2.51. The molecule has 0 aliphatic heterocycles. The topological polar surface area (TPSA) is 52.5 Å². The summed E-state index contributed by atoms with van der Waals surface area (Å²) in [6.45, 7) is 2.03. The van der Waals surface area contributed by atoms with Gasteiger partial charge in [-0.3, -0.25) is 0 Å². The van der Waals surface area contributed by atoms with Gasteiger partial charge in [0.2, 0.25) is 0 Å². The summed E-state index contributed by atoms with van der Waals surface area (Å²) in [6, 6.07) is 3.90. The number of hydrogen-bond donors (Lipinski definition) is 3. The van der Waals surface area contributed by atoms with Gasteiger partial charge in [0.05, 0.1) is 0 Å². The molecule has 1 aromatic rings. The van der Waals surface area contributed by atoms with Crippen molar-refractivity contribution >= 4 is 23.2 Å². The molecule has 0 aliphatic rings. The smallest absolute Gasteiger partial charge is 0.423 e. The Hall–Kier alpha value is -0.355. The second-order valence-electron chi connectivity index (χ2n) is 2.62. The Morgan fingerprint density at radius 2 is 2.17 bits per heavy atom. The van der Waals surface area contributed by atoms with Crippen LogP contribution in [0.5, 0.6) is 0 Å². The zero-order valence-corrected chi connectivity index (χ0v) is 7.93. The zero-order chi connectivity index (χ0) is 9.14. The number of thiophene rings is 1. The molecule has 1 heterocycles. The van der Waals surface area contributed by atoms with Crippen LogP contribution in [0.25, 0.3) is 0 Å². The van der Waals surface area contributed by atoms with Crippen molar-refractivity contribution in [1.29, 1.82) is 0 Å². The zero-order valence-electron chi connectivity index (χ0n) is 7.11. The maximum absolute atomic E-state index is 8.84. The van der Waals surface area contributed by atoms with Crippen LogP contribution < -0.4 is 10.1 Å². The van der Waals surface area contributed by atoms with Crippen LogP contribution in [0, 0.1) is 0 Å². The number of nitrogens with one attached hydrogen (secondary N) is 1. The first-order valence-corrected chi connectivity index (χ1v) is 4.60. The quantitative estimate of drug-likeness (QED) is 0.567. The Kier molecular flexibility index (Phi) is 3.28. The lowest BCUT2D eigenvalue weighted by Crippen LogP contribution is -2.26. The van der Waals surface area contributed by atoms with E-state index in [0.29, 0.717) is 4.78 Å². The van der Waals surface area contributed by atoms with Crippen molar-refractivity contribution in [2.45, 2.75) is 13.0 Å². The van der Waals surface area contributed by atoms with E-state index in [1.54, 1.807) is 6.07 Å². The van der Waals surface area contributed by atoms with Gasteiger partial charge in [-0.15, -0.1) is 11.3 Å². The van der Waals surface area contributed by atoms with Crippen molar-refractivity contribution in [3.63, 3.8) is 0 Å². The minimum atomic E-state index is -1.34. The number of hydrogen-bond acceptors (Lipinski definition) is 4. The van der Waals surface area contributed by atoms with Crippen LogP contribution in [0.1, 0.15) is 17.8 Å². The second-order valence-corrected chi connectivity index (χ2v) is 3.77. The molecule has 12 heavy (non-hydrogen) atoms. The van der Waals surface area contributed by atoms with Crippen LogP contribution in [0.15, 0.2) is 12.1 Å². The summed E-state index contributed by atoms with van der Waals surface area (Å²) in [7, 11) is 0.534. The predicted octanol–water partition coefficient (Wildman–Crippen LogP) is -0.292. The van der Waals surface area contributed by atoms with E-state index in [0.717, 1.165) is 4.88 Å². The Morgan fingerprint density at radius 1 is 1.50 bits per heavy atom. The van der Waals surface area contributed by atoms with E-state index in [-0.39, 0.29) is 6.04 Å². The van der Waals surface area contributed by atoms with E-state index < -0.39 is 7.12 Å². The maximum atomic E-state index is 8.84. The van der Waals surface area contributed by atoms with E-state index in [9.17, 15) is 0 Å². The van der Waals surface area contributed by atoms with Crippen LogP contribution in [-0.4, -0.2) is 24.2 Å². The van der Waals surface area contributed by atoms with Gasteiger partial charge < -0.3 is 15.4 Å². The summed E-state index contributed by atoms with van der Waals surface area (Å²) in [5.74, 6) is 0. The maximum Gasteiger partial charge on any atom is 0.499 e. The van der Waals surface area contributed by atoms with E-state index >= 15 is 0 Å². The second kappa shape index (κ2) is 4.05. The molecule has 0 aliphatic carbocycles. The van der Waals surface area contributed by atoms with Crippen molar-refractivity contribution in [1.82, 2.24) is 5.32 Å². The third-order valence-corrected chi connectivity index (χ3v) is 3.07. The summed E-state index contributed by atoms with van der Waals surface area (Å²) in [6.07, 6.45) is 0. The highest BCUT2D eigenvalue weighted by Crippen LogP contribution is 2.16. The van der Waals surface area contributed by atoms with Gasteiger partial charge in [-0.2, -0.15) is 0 Å². The molecule has 0 saturated carbocycles. The van der Waals surface area contributed by atoms with Crippen molar-refractivity contribution < 1.29 is 10.0 Å². The normalized spacial score (nSPS) is 13.0. The van der Waals surface area contributed by atoms with E-state index in [4.69, 9.17) is 10.0 Å². The Labute approximate surface area is 76.2 Å². The van der Waals surface area contributed by atoms with Gasteiger partial charge >= 0.3 is 7.12 Å². The molecule has 3 nitrogen and oxygen atoms in total. The Morgan fingerprint density at radius 3 is 2.58 bits per heavy atom. The SMILES string of the molecule is CNC(C)c1ccc(B(O)O)s1. The molecule has 0 spiro atoms. The summed E-state index contributed by atoms with van der Waals surface area (Å²) in [5.41, 5.74) is 0. The molecule has 0 fully saturated rings. The molecule has 66 valence electrons. The van der Waals surface area contributed by atoms with Crippen molar-refractivity contribution in [3.8, 4) is 0 Å². The van der Waals surface area contributed by atoms with Gasteiger partial charge in [0.15, 0.2) is 0 Å². The molecule has 0 amide bonds. The highest BCUT2D eigenvalue weighted by atomic mass is 32.1. The third kappa shape index (κ3) is 2.07. The van der Waals surface area contributed by atoms with Crippen LogP contribution in [-0.2, 0) is 0 Å². The van der Waals surface area contributed by atoms with E-state index in [1.807, 2.05) is 20.0 Å². The largest absolute Gasteiger partial charge is 0.499 e. The first kappa shape index (κ1) is 9.73. The minimum absolute atomic E-state index is 0.266. The van der Waals surface area contributed by atoms with Crippen LogP contribution in [0.3, 0.4) is 0 Å². The lowest BCUT2D eigenvalue weighted by atomic mass is 9.90. The van der Waals surface area contributed by atoms with E-state index in [2.05, 4.69) is 5.32 Å². The van der Waals surface area contributed by atoms with E-state index in [1.165, 1.54) is 11.3 Å². The van der Waals surface area contributed by atoms with Crippen LogP contribution >= 0.6 is 11.3 Å². The summed E-state index contributed by atoms with van der Waals surface area (Å²) < 4.78 is 0.590. The summed E-state index contributed by atoms with van der Waals surface area (Å²) in [5, 5.41) is 20.8. The molecule has 0 aromatic carbocycles. The molecule has 0 radical (unpaired) electrons. The van der Waals surface area contributed by atoms with Gasteiger partial charge in [0.25, 0.3) is 0 Å². The predicted molar refractivity (Wildman–Crippen MR) is 51.6 cm³/mol. The third-order valence-electron chi connectivity index (χ3n) is 1.76. The lowest BCUT2D eigenvalue weighted by Gasteiger charge is -2.05. The molecule has 0 saturated heterocycles. The van der Waals surface area contributed by atoms with Crippen LogP contribution in [0.4, 0.5) is 0 Å². The Bertz CT molecular complexity index is 251. The fourth-order valence-corrected chi connectivity index (χ4v) is 1.83. The van der Waals surface area contributed by atoms with Gasteiger partial charge in [-0.1, -0.05) is 6.07 Å². The standard InChI is InChI=1S/C7H12BNO2S/c1-5(9-2)6-3-4-7(12-6)8(10)11/h3-5,9-11H,1-2H3. The fourth-order valence-electron chi connectivity index (χ4n) is 0.882. The summed E-state index contributed by atoms with van der Waals surface area (Å²) >= 11 is 1.41. The van der Waals surface area contributed by atoms with Gasteiger partial charge in [-0.25, -0.2) is 0 Å². The molecule has 3 N–H and O–H groups in total.